The molecule has 24 heavy (non-hydrogen) atoms. The second-order valence-electron chi connectivity index (χ2n) is 5.23. The molecule has 0 aliphatic rings. The first-order chi connectivity index (χ1) is 11.4. The van der Waals surface area contributed by atoms with Crippen molar-refractivity contribution in [3.05, 3.63) is 58.2 Å². The summed E-state index contributed by atoms with van der Waals surface area (Å²) in [6.07, 6.45) is 0. The van der Waals surface area contributed by atoms with Gasteiger partial charge < -0.3 is 4.74 Å². The summed E-state index contributed by atoms with van der Waals surface area (Å²) in [5, 5.41) is 1.66. The van der Waals surface area contributed by atoms with Crippen molar-refractivity contribution in [1.82, 2.24) is 3.97 Å². The highest BCUT2D eigenvalue weighted by Gasteiger charge is 2.25. The molecule has 2 aromatic carbocycles. The summed E-state index contributed by atoms with van der Waals surface area (Å²) in [5.74, 6) is 0.521. The molecule has 4 nitrogen and oxygen atoms in total. The van der Waals surface area contributed by atoms with E-state index in [9.17, 15) is 8.42 Å². The van der Waals surface area contributed by atoms with Crippen molar-refractivity contribution in [3.63, 3.8) is 0 Å². The van der Waals surface area contributed by atoms with Gasteiger partial charge in [0, 0.05) is 15.4 Å². The second-order valence-corrected chi connectivity index (χ2v) is 7.89. The molecule has 0 aliphatic carbocycles. The Hall–Kier alpha value is -1.69. The van der Waals surface area contributed by atoms with Crippen LogP contribution in [0.2, 0.25) is 10.0 Å². The van der Waals surface area contributed by atoms with E-state index >= 15 is 0 Å². The normalized spacial score (nSPS) is 11.8. The van der Waals surface area contributed by atoms with E-state index in [0.29, 0.717) is 39.0 Å². The number of hydrogen-bond acceptors (Lipinski definition) is 3. The van der Waals surface area contributed by atoms with Gasteiger partial charge in [-0.3, -0.25) is 0 Å². The quantitative estimate of drug-likeness (QED) is 0.643. The minimum atomic E-state index is -3.79. The van der Waals surface area contributed by atoms with Gasteiger partial charge in [-0.25, -0.2) is 12.4 Å². The van der Waals surface area contributed by atoms with Crippen molar-refractivity contribution in [2.24, 2.45) is 0 Å². The highest BCUT2D eigenvalue weighted by atomic mass is 35.5. The largest absolute Gasteiger partial charge is 0.491 e. The van der Waals surface area contributed by atoms with Crippen LogP contribution in [0.15, 0.2) is 47.4 Å². The maximum absolute atomic E-state index is 13.1. The van der Waals surface area contributed by atoms with E-state index in [0.717, 1.165) is 0 Å². The number of fused-ring (bicyclic) bond motifs is 1. The molecule has 0 unspecified atom stereocenters. The van der Waals surface area contributed by atoms with Gasteiger partial charge in [-0.15, -0.1) is 0 Å². The predicted molar refractivity (Wildman–Crippen MR) is 96.9 cm³/mol. The average Bonchev–Trinajstić information content (AvgIpc) is 2.81. The molecule has 0 saturated carbocycles. The molecule has 0 amide bonds. The van der Waals surface area contributed by atoms with Gasteiger partial charge in [0.05, 0.1) is 22.7 Å². The van der Waals surface area contributed by atoms with Crippen LogP contribution in [0.5, 0.6) is 5.75 Å². The number of halogens is 2. The predicted octanol–water partition coefficient (Wildman–Crippen LogP) is 4.89. The number of aromatic nitrogens is 1. The first-order valence-corrected chi connectivity index (χ1v) is 9.50. The summed E-state index contributed by atoms with van der Waals surface area (Å²) in [6.45, 7) is 3.99. The average molecular weight is 384 g/mol. The zero-order chi connectivity index (χ0) is 17.5. The lowest BCUT2D eigenvalue weighted by Crippen LogP contribution is -2.14. The summed E-state index contributed by atoms with van der Waals surface area (Å²) in [4.78, 5) is 0.157. The Balaban J connectivity index is 2.33. The summed E-state index contributed by atoms with van der Waals surface area (Å²) in [6, 6.07) is 11.1. The molecule has 0 bridgehead atoms. The highest BCUT2D eigenvalue weighted by molar-refractivity contribution is 7.90. The van der Waals surface area contributed by atoms with E-state index in [2.05, 4.69) is 0 Å². The third-order valence-electron chi connectivity index (χ3n) is 3.70. The maximum atomic E-state index is 13.1. The Labute approximate surface area is 150 Å². The van der Waals surface area contributed by atoms with Crippen LogP contribution in [0, 0.1) is 6.92 Å². The first-order valence-electron chi connectivity index (χ1n) is 7.30. The van der Waals surface area contributed by atoms with Crippen LogP contribution in [0.4, 0.5) is 0 Å². The van der Waals surface area contributed by atoms with Crippen molar-refractivity contribution < 1.29 is 13.2 Å². The second kappa shape index (κ2) is 6.31. The van der Waals surface area contributed by atoms with Gasteiger partial charge in [-0.1, -0.05) is 23.2 Å². The molecule has 0 fully saturated rings. The van der Waals surface area contributed by atoms with Gasteiger partial charge >= 0.3 is 0 Å². The summed E-state index contributed by atoms with van der Waals surface area (Å²) >= 11 is 11.9. The lowest BCUT2D eigenvalue weighted by atomic mass is 10.2. The Morgan fingerprint density at radius 1 is 1.04 bits per heavy atom. The molecule has 0 aliphatic heterocycles. The molecule has 1 aromatic heterocycles. The minimum absolute atomic E-state index is 0.157. The fourth-order valence-electron chi connectivity index (χ4n) is 2.68. The minimum Gasteiger partial charge on any atom is -0.491 e. The van der Waals surface area contributed by atoms with E-state index in [1.54, 1.807) is 37.3 Å². The Morgan fingerprint density at radius 3 is 2.29 bits per heavy atom. The standard InChI is InChI=1S/C17H15Cl2NO3S/c1-3-23-17-11(2)20(16-9-6-13(19)10-15(16)17)24(21,22)14-7-4-12(18)5-8-14/h4-10H,3H2,1-2H3. The summed E-state index contributed by atoms with van der Waals surface area (Å²) < 4.78 is 33.2. The molecule has 0 N–H and O–H groups in total. The van der Waals surface area contributed by atoms with E-state index in [1.165, 1.54) is 16.1 Å². The fraction of sp³-hybridized carbons (Fsp3) is 0.176. The number of ether oxygens (including phenoxy) is 1. The van der Waals surface area contributed by atoms with Crippen molar-refractivity contribution in [2.45, 2.75) is 18.7 Å². The number of rotatable bonds is 4. The van der Waals surface area contributed by atoms with Crippen LogP contribution in [0.25, 0.3) is 10.9 Å². The zero-order valence-electron chi connectivity index (χ0n) is 13.1. The monoisotopic (exact) mass is 383 g/mol. The third kappa shape index (κ3) is 2.77. The van der Waals surface area contributed by atoms with Crippen molar-refractivity contribution in [1.29, 1.82) is 0 Å². The van der Waals surface area contributed by atoms with Crippen molar-refractivity contribution >= 4 is 44.1 Å². The molecule has 0 saturated heterocycles. The Bertz CT molecular complexity index is 1010. The van der Waals surface area contributed by atoms with Gasteiger partial charge in [-0.05, 0) is 56.3 Å². The SMILES string of the molecule is CCOc1c(C)n(S(=O)(=O)c2ccc(Cl)cc2)c2ccc(Cl)cc12. The summed E-state index contributed by atoms with van der Waals surface area (Å²) in [5.41, 5.74) is 1.03. The smallest absolute Gasteiger partial charge is 0.268 e. The Morgan fingerprint density at radius 2 is 1.67 bits per heavy atom. The summed E-state index contributed by atoms with van der Waals surface area (Å²) in [7, 11) is -3.79. The molecular weight excluding hydrogens is 369 g/mol. The van der Waals surface area contributed by atoms with E-state index in [1.807, 2.05) is 6.92 Å². The number of hydrogen-bond donors (Lipinski definition) is 0. The molecule has 0 atom stereocenters. The lowest BCUT2D eigenvalue weighted by molar-refractivity contribution is 0.341. The third-order valence-corrected chi connectivity index (χ3v) is 6.00. The molecule has 126 valence electrons. The molecule has 3 rings (SSSR count). The maximum Gasteiger partial charge on any atom is 0.268 e. The molecular formula is C17H15Cl2NO3S. The lowest BCUT2D eigenvalue weighted by Gasteiger charge is -2.10. The van der Waals surface area contributed by atoms with Gasteiger partial charge in [0.15, 0.2) is 0 Å². The van der Waals surface area contributed by atoms with Gasteiger partial charge in [0.1, 0.15) is 5.75 Å². The van der Waals surface area contributed by atoms with Crippen molar-refractivity contribution in [2.75, 3.05) is 6.61 Å². The van der Waals surface area contributed by atoms with Crippen LogP contribution < -0.4 is 4.74 Å². The van der Waals surface area contributed by atoms with Gasteiger partial charge in [0.25, 0.3) is 10.0 Å². The van der Waals surface area contributed by atoms with Crippen LogP contribution in [-0.2, 0) is 10.0 Å². The van der Waals surface area contributed by atoms with Gasteiger partial charge in [-0.2, -0.15) is 0 Å². The van der Waals surface area contributed by atoms with E-state index in [-0.39, 0.29) is 4.90 Å². The van der Waals surface area contributed by atoms with Crippen LogP contribution in [0.1, 0.15) is 12.6 Å². The number of nitrogens with zero attached hydrogens (tertiary/aromatic N) is 1. The zero-order valence-corrected chi connectivity index (χ0v) is 15.4. The molecule has 1 heterocycles. The highest BCUT2D eigenvalue weighted by Crippen LogP contribution is 2.37. The fourth-order valence-corrected chi connectivity index (χ4v) is 4.53. The molecule has 0 radical (unpaired) electrons. The van der Waals surface area contributed by atoms with Crippen molar-refractivity contribution in [3.8, 4) is 5.75 Å². The molecule has 0 spiro atoms. The molecule has 3 aromatic rings. The van der Waals surface area contributed by atoms with Crippen LogP contribution in [0.3, 0.4) is 0 Å². The Kier molecular flexibility index (Phi) is 4.51. The van der Waals surface area contributed by atoms with E-state index in [4.69, 9.17) is 27.9 Å². The topological polar surface area (TPSA) is 48.3 Å². The molecule has 7 heteroatoms. The first kappa shape index (κ1) is 17.1. The van der Waals surface area contributed by atoms with Crippen LogP contribution in [-0.4, -0.2) is 19.0 Å². The van der Waals surface area contributed by atoms with E-state index < -0.39 is 10.0 Å². The number of benzene rings is 2. The van der Waals surface area contributed by atoms with Crippen LogP contribution >= 0.6 is 23.2 Å². The van der Waals surface area contributed by atoms with Gasteiger partial charge in [0.2, 0.25) is 0 Å².